The van der Waals surface area contributed by atoms with Crippen LogP contribution in [0.15, 0.2) is 0 Å². The average Bonchev–Trinajstić information content (AvgIpc) is 1.96. The number of carboxylic acids is 1. The van der Waals surface area contributed by atoms with E-state index in [0.29, 0.717) is 0 Å². The Kier molecular flexibility index (Phi) is 8.54. The van der Waals surface area contributed by atoms with E-state index < -0.39 is 32.2 Å². The SMILES string of the molecule is N[C@@H](CCC(=O)OP(=O)(O)O)C(=O)O.[H-].[Na+]. The van der Waals surface area contributed by atoms with Crippen LogP contribution in [0.2, 0.25) is 0 Å². The van der Waals surface area contributed by atoms with Crippen LogP contribution in [0.5, 0.6) is 0 Å². The molecule has 0 amide bonds. The Balaban J connectivity index is -0.000000845. The van der Waals surface area contributed by atoms with Gasteiger partial charge < -0.3 is 16.8 Å². The van der Waals surface area contributed by atoms with Gasteiger partial charge in [0.25, 0.3) is 0 Å². The number of aliphatic carboxylic acids is 1. The first kappa shape index (κ1) is 17.4. The van der Waals surface area contributed by atoms with Crippen LogP contribution in [0.3, 0.4) is 0 Å². The molecule has 0 aliphatic heterocycles. The van der Waals surface area contributed by atoms with E-state index in [9.17, 15) is 14.2 Å². The van der Waals surface area contributed by atoms with Gasteiger partial charge in [-0.3, -0.25) is 19.4 Å². The molecule has 0 aromatic heterocycles. The third-order valence-corrected chi connectivity index (χ3v) is 1.64. The molecule has 0 fully saturated rings. The van der Waals surface area contributed by atoms with Gasteiger partial charge >= 0.3 is 49.3 Å². The summed E-state index contributed by atoms with van der Waals surface area (Å²) in [7, 11) is -4.84. The number of phosphoric acid groups is 1. The van der Waals surface area contributed by atoms with E-state index in [0.717, 1.165) is 0 Å². The summed E-state index contributed by atoms with van der Waals surface area (Å²) in [6.45, 7) is 0. The quantitative estimate of drug-likeness (QED) is 0.285. The number of phosphoric ester groups is 1. The van der Waals surface area contributed by atoms with Crippen LogP contribution < -0.4 is 35.3 Å². The van der Waals surface area contributed by atoms with Crippen molar-refractivity contribution in [2.75, 3.05) is 0 Å². The van der Waals surface area contributed by atoms with Crippen LogP contribution in [0, 0.1) is 0 Å². The summed E-state index contributed by atoms with van der Waals surface area (Å²) in [5, 5.41) is 8.30. The Bertz CT molecular complexity index is 282. The number of hydrogen-bond acceptors (Lipinski definition) is 5. The molecule has 1 atom stereocenters. The molecule has 5 N–H and O–H groups in total. The maximum absolute atomic E-state index is 10.6. The monoisotopic (exact) mass is 251 g/mol. The van der Waals surface area contributed by atoms with Gasteiger partial charge in [0.05, 0.1) is 0 Å². The molecule has 0 rings (SSSR count). The van der Waals surface area contributed by atoms with Gasteiger partial charge in [0.2, 0.25) is 0 Å². The Morgan fingerprint density at radius 2 is 1.93 bits per heavy atom. The van der Waals surface area contributed by atoms with Crippen LogP contribution in [-0.2, 0) is 18.7 Å². The van der Waals surface area contributed by atoms with Gasteiger partial charge in [0.15, 0.2) is 0 Å². The maximum atomic E-state index is 10.6. The molecule has 0 unspecified atom stereocenters. The smallest absolute Gasteiger partial charge is 1.00 e. The third kappa shape index (κ3) is 10.3. The van der Waals surface area contributed by atoms with Gasteiger partial charge in [-0.15, -0.1) is 0 Å². The summed E-state index contributed by atoms with van der Waals surface area (Å²) < 4.78 is 13.8. The number of carbonyl (C=O) groups excluding carboxylic acids is 1. The minimum Gasteiger partial charge on any atom is -1.00 e. The fraction of sp³-hybridized carbons (Fsp3) is 0.600. The fourth-order valence-corrected chi connectivity index (χ4v) is 0.932. The van der Waals surface area contributed by atoms with E-state index in [1.54, 1.807) is 0 Å². The molecule has 10 heteroatoms. The van der Waals surface area contributed by atoms with Crippen molar-refractivity contribution >= 4 is 19.8 Å². The molecule has 0 saturated heterocycles. The molecule has 0 radical (unpaired) electrons. The largest absolute Gasteiger partial charge is 1.00 e. The maximum Gasteiger partial charge on any atom is 1.00 e. The molecule has 15 heavy (non-hydrogen) atoms. The molecule has 0 aromatic carbocycles. The summed E-state index contributed by atoms with van der Waals surface area (Å²) in [4.78, 5) is 37.2. The molecule has 8 nitrogen and oxygen atoms in total. The first-order chi connectivity index (χ1) is 6.22. The molecule has 0 spiro atoms. The molecule has 0 aliphatic carbocycles. The van der Waals surface area contributed by atoms with Crippen molar-refractivity contribution in [1.82, 2.24) is 0 Å². The molecule has 0 aromatic rings. The second-order valence-corrected chi connectivity index (χ2v) is 3.60. The first-order valence-electron chi connectivity index (χ1n) is 3.48. The summed E-state index contributed by atoms with van der Waals surface area (Å²) in [6, 6.07) is -1.25. The van der Waals surface area contributed by atoms with Crippen LogP contribution in [0.25, 0.3) is 0 Å². The van der Waals surface area contributed by atoms with Crippen molar-refractivity contribution in [2.45, 2.75) is 18.9 Å². The second-order valence-electron chi connectivity index (χ2n) is 2.44. The van der Waals surface area contributed by atoms with Crippen LogP contribution in [0.1, 0.15) is 14.3 Å². The standard InChI is InChI=1S/C5H10NO7P.Na.H/c6-3(5(8)9)1-2-4(7)13-14(10,11)12;;/h3H,1-2,6H2,(H,8,9)(H2,10,11,12);;/q;+1;-1/t3-;;/m0../s1. The normalized spacial score (nSPS) is 12.5. The number of hydrogen-bond donors (Lipinski definition) is 4. The van der Waals surface area contributed by atoms with Gasteiger partial charge in [-0.05, 0) is 6.42 Å². The van der Waals surface area contributed by atoms with Gasteiger partial charge in [0.1, 0.15) is 6.04 Å². The summed E-state index contributed by atoms with van der Waals surface area (Å²) in [5.74, 6) is -2.48. The van der Waals surface area contributed by atoms with E-state index in [2.05, 4.69) is 4.52 Å². The molecule has 84 valence electrons. The van der Waals surface area contributed by atoms with E-state index in [-0.39, 0.29) is 37.4 Å². The summed E-state index contributed by atoms with van der Waals surface area (Å²) >= 11 is 0. The molecular weight excluding hydrogens is 240 g/mol. The zero-order valence-corrected chi connectivity index (χ0v) is 10.9. The zero-order valence-electron chi connectivity index (χ0n) is 8.99. The molecule has 0 heterocycles. The van der Waals surface area contributed by atoms with Crippen LogP contribution in [0.4, 0.5) is 0 Å². The minimum atomic E-state index is -4.84. The van der Waals surface area contributed by atoms with Crippen molar-refractivity contribution in [3.05, 3.63) is 0 Å². The molecule has 0 saturated carbocycles. The van der Waals surface area contributed by atoms with Crippen molar-refractivity contribution in [3.63, 3.8) is 0 Å². The minimum absolute atomic E-state index is 0. The van der Waals surface area contributed by atoms with E-state index in [4.69, 9.17) is 20.6 Å². The Morgan fingerprint density at radius 3 is 2.27 bits per heavy atom. The zero-order chi connectivity index (χ0) is 11.4. The Labute approximate surface area is 109 Å². The van der Waals surface area contributed by atoms with Crippen LogP contribution in [-0.4, -0.2) is 32.9 Å². The summed E-state index contributed by atoms with van der Waals surface area (Å²) in [5.41, 5.74) is 5.03. The summed E-state index contributed by atoms with van der Waals surface area (Å²) in [6.07, 6.45) is -0.702. The van der Waals surface area contributed by atoms with Gasteiger partial charge in [0, 0.05) is 6.42 Å². The van der Waals surface area contributed by atoms with Gasteiger partial charge in [-0.2, -0.15) is 0 Å². The van der Waals surface area contributed by atoms with E-state index >= 15 is 0 Å². The van der Waals surface area contributed by atoms with Crippen molar-refractivity contribution < 1.29 is 64.6 Å². The first-order valence-corrected chi connectivity index (χ1v) is 5.02. The van der Waals surface area contributed by atoms with Gasteiger partial charge in [-0.25, -0.2) is 4.57 Å². The van der Waals surface area contributed by atoms with Gasteiger partial charge in [-0.1, -0.05) is 0 Å². The number of carboxylic acid groups (broad SMARTS) is 1. The van der Waals surface area contributed by atoms with E-state index in [1.165, 1.54) is 0 Å². The molecular formula is C5H11NNaO7P. The number of rotatable bonds is 5. The Hall–Kier alpha value is 0.0500. The van der Waals surface area contributed by atoms with Crippen molar-refractivity contribution in [1.29, 1.82) is 0 Å². The predicted molar refractivity (Wildman–Crippen MR) is 44.1 cm³/mol. The Morgan fingerprint density at radius 1 is 1.47 bits per heavy atom. The average molecular weight is 251 g/mol. The number of nitrogens with two attached hydrogens (primary N) is 1. The van der Waals surface area contributed by atoms with Crippen LogP contribution >= 0.6 is 7.82 Å². The molecule has 0 aliphatic rings. The second kappa shape index (κ2) is 7.34. The third-order valence-electron chi connectivity index (χ3n) is 1.20. The fourth-order valence-electron chi connectivity index (χ4n) is 0.575. The van der Waals surface area contributed by atoms with Crippen molar-refractivity contribution in [2.24, 2.45) is 5.73 Å². The molecule has 0 bridgehead atoms. The topological polar surface area (TPSA) is 147 Å². The number of carbonyl (C=O) groups is 2. The van der Waals surface area contributed by atoms with E-state index in [1.807, 2.05) is 0 Å². The van der Waals surface area contributed by atoms with Crippen molar-refractivity contribution in [3.8, 4) is 0 Å². The predicted octanol–water partition coefficient (Wildman–Crippen LogP) is -4.07.